The van der Waals surface area contributed by atoms with Crippen molar-refractivity contribution < 1.29 is 4.42 Å². The molecule has 1 aromatic heterocycles. The van der Waals surface area contributed by atoms with Gasteiger partial charge in [-0.1, -0.05) is 49.1 Å². The molecule has 2 aromatic carbocycles. The fourth-order valence-corrected chi connectivity index (χ4v) is 3.62. The van der Waals surface area contributed by atoms with Crippen molar-refractivity contribution in [3.8, 4) is 11.5 Å². The van der Waals surface area contributed by atoms with E-state index in [0.29, 0.717) is 17.0 Å². The second kappa shape index (κ2) is 6.96. The molecule has 1 aliphatic carbocycles. The molecule has 0 atom stereocenters. The number of nitrogens with zero attached hydrogens (tertiary/aromatic N) is 1. The van der Waals surface area contributed by atoms with Crippen LogP contribution in [-0.4, -0.2) is 11.0 Å². The summed E-state index contributed by atoms with van der Waals surface area (Å²) in [5, 5.41) is 4.33. The van der Waals surface area contributed by atoms with E-state index in [2.05, 4.69) is 22.4 Å². The molecule has 1 aliphatic rings. The molecule has 0 spiro atoms. The molecule has 1 N–H and O–H groups in total. The van der Waals surface area contributed by atoms with Gasteiger partial charge in [0.2, 0.25) is 5.89 Å². The Labute approximate surface area is 147 Å². The average Bonchev–Trinajstić information content (AvgIpc) is 3.04. The van der Waals surface area contributed by atoms with Crippen LogP contribution in [0.25, 0.3) is 22.6 Å². The Balaban J connectivity index is 1.54. The van der Waals surface area contributed by atoms with E-state index in [1.54, 1.807) is 0 Å². The van der Waals surface area contributed by atoms with Gasteiger partial charge in [0.05, 0.1) is 10.6 Å². The highest BCUT2D eigenvalue weighted by Crippen LogP contribution is 2.30. The predicted molar refractivity (Wildman–Crippen MR) is 98.2 cm³/mol. The van der Waals surface area contributed by atoms with Crippen LogP contribution in [0.2, 0.25) is 5.02 Å². The van der Waals surface area contributed by atoms with Gasteiger partial charge in [0.25, 0.3) is 0 Å². The first kappa shape index (κ1) is 15.7. The van der Waals surface area contributed by atoms with Gasteiger partial charge in [-0.05, 0) is 42.7 Å². The summed E-state index contributed by atoms with van der Waals surface area (Å²) in [5.41, 5.74) is 3.75. The predicted octanol–water partition coefficient (Wildman–Crippen LogP) is 5.57. The maximum absolute atomic E-state index is 6.24. The van der Waals surface area contributed by atoms with Crippen molar-refractivity contribution in [1.29, 1.82) is 0 Å². The van der Waals surface area contributed by atoms with Crippen molar-refractivity contribution in [3.63, 3.8) is 0 Å². The summed E-state index contributed by atoms with van der Waals surface area (Å²) in [5.74, 6) is 0.577. The van der Waals surface area contributed by atoms with E-state index in [1.165, 1.54) is 37.7 Å². The van der Waals surface area contributed by atoms with Crippen molar-refractivity contribution in [1.82, 2.24) is 10.3 Å². The molecule has 0 bridgehead atoms. The van der Waals surface area contributed by atoms with Crippen LogP contribution in [0.3, 0.4) is 0 Å². The normalized spacial score (nSPS) is 15.9. The number of hydrogen-bond donors (Lipinski definition) is 1. The summed E-state index contributed by atoms with van der Waals surface area (Å²) >= 11 is 6.24. The van der Waals surface area contributed by atoms with Crippen LogP contribution in [0.15, 0.2) is 46.9 Å². The van der Waals surface area contributed by atoms with E-state index in [-0.39, 0.29) is 0 Å². The van der Waals surface area contributed by atoms with Crippen molar-refractivity contribution in [2.75, 3.05) is 0 Å². The number of nitrogens with one attached hydrogen (secondary N) is 1. The van der Waals surface area contributed by atoms with Gasteiger partial charge in [-0.3, -0.25) is 0 Å². The van der Waals surface area contributed by atoms with Crippen molar-refractivity contribution in [2.24, 2.45) is 0 Å². The van der Waals surface area contributed by atoms with Crippen LogP contribution in [0, 0.1) is 0 Å². The SMILES string of the molecule is Clc1ccccc1-c1nc2cc(CNC3CCCCC3)ccc2o1. The van der Waals surface area contributed by atoms with Crippen LogP contribution in [0.4, 0.5) is 0 Å². The van der Waals surface area contributed by atoms with Crippen molar-refractivity contribution in [2.45, 2.75) is 44.7 Å². The van der Waals surface area contributed by atoms with Gasteiger partial charge in [-0.2, -0.15) is 0 Å². The van der Waals surface area contributed by atoms with E-state index >= 15 is 0 Å². The zero-order chi connectivity index (χ0) is 16.4. The van der Waals surface area contributed by atoms with Crippen LogP contribution in [-0.2, 0) is 6.54 Å². The largest absolute Gasteiger partial charge is 0.436 e. The van der Waals surface area contributed by atoms with Crippen LogP contribution < -0.4 is 5.32 Å². The second-order valence-corrected chi connectivity index (χ2v) is 6.92. The number of benzene rings is 2. The molecule has 3 nitrogen and oxygen atoms in total. The summed E-state index contributed by atoms with van der Waals surface area (Å²) < 4.78 is 5.87. The Morgan fingerprint density at radius 3 is 2.75 bits per heavy atom. The Morgan fingerprint density at radius 2 is 1.92 bits per heavy atom. The minimum atomic E-state index is 0.577. The molecule has 1 fully saturated rings. The molecule has 4 heteroatoms. The Bertz CT molecular complexity index is 837. The lowest BCUT2D eigenvalue weighted by atomic mass is 9.95. The highest BCUT2D eigenvalue weighted by atomic mass is 35.5. The zero-order valence-corrected chi connectivity index (χ0v) is 14.4. The van der Waals surface area contributed by atoms with E-state index in [4.69, 9.17) is 16.0 Å². The number of rotatable bonds is 4. The van der Waals surface area contributed by atoms with Gasteiger partial charge in [-0.15, -0.1) is 0 Å². The van der Waals surface area contributed by atoms with Crippen molar-refractivity contribution in [3.05, 3.63) is 53.1 Å². The molecule has 1 heterocycles. The lowest BCUT2D eigenvalue weighted by molar-refractivity contribution is 0.372. The lowest BCUT2D eigenvalue weighted by Crippen LogP contribution is -2.30. The lowest BCUT2D eigenvalue weighted by Gasteiger charge is -2.22. The minimum Gasteiger partial charge on any atom is -0.436 e. The summed E-state index contributed by atoms with van der Waals surface area (Å²) in [6.07, 6.45) is 6.67. The maximum Gasteiger partial charge on any atom is 0.228 e. The molecule has 0 radical (unpaired) electrons. The quantitative estimate of drug-likeness (QED) is 0.674. The molecule has 124 valence electrons. The molecule has 4 rings (SSSR count). The van der Waals surface area contributed by atoms with Gasteiger partial charge in [0.1, 0.15) is 5.52 Å². The highest BCUT2D eigenvalue weighted by Gasteiger charge is 2.14. The Hall–Kier alpha value is -1.84. The molecule has 0 amide bonds. The molecular formula is C20H21ClN2O. The summed E-state index contributed by atoms with van der Waals surface area (Å²) in [4.78, 5) is 4.62. The number of aromatic nitrogens is 1. The minimum absolute atomic E-state index is 0.577. The molecule has 0 saturated heterocycles. The van der Waals surface area contributed by atoms with Crippen molar-refractivity contribution >= 4 is 22.7 Å². The van der Waals surface area contributed by atoms with E-state index in [1.807, 2.05) is 30.3 Å². The molecule has 24 heavy (non-hydrogen) atoms. The number of fused-ring (bicyclic) bond motifs is 1. The van der Waals surface area contributed by atoms with E-state index in [0.717, 1.165) is 23.2 Å². The van der Waals surface area contributed by atoms with Crippen LogP contribution in [0.1, 0.15) is 37.7 Å². The highest BCUT2D eigenvalue weighted by molar-refractivity contribution is 6.33. The van der Waals surface area contributed by atoms with E-state index < -0.39 is 0 Å². The number of oxazole rings is 1. The van der Waals surface area contributed by atoms with E-state index in [9.17, 15) is 0 Å². The Morgan fingerprint density at radius 1 is 1.08 bits per heavy atom. The fourth-order valence-electron chi connectivity index (χ4n) is 3.40. The number of hydrogen-bond acceptors (Lipinski definition) is 3. The summed E-state index contributed by atoms with van der Waals surface area (Å²) in [6.45, 7) is 0.884. The Kier molecular flexibility index (Phi) is 4.54. The molecule has 3 aromatic rings. The summed E-state index contributed by atoms with van der Waals surface area (Å²) in [7, 11) is 0. The smallest absolute Gasteiger partial charge is 0.228 e. The average molecular weight is 341 g/mol. The maximum atomic E-state index is 6.24. The third-order valence-corrected chi connectivity index (χ3v) is 5.09. The number of halogens is 1. The van der Waals surface area contributed by atoms with Crippen LogP contribution in [0.5, 0.6) is 0 Å². The second-order valence-electron chi connectivity index (χ2n) is 6.52. The molecular weight excluding hydrogens is 320 g/mol. The third kappa shape index (κ3) is 3.33. The monoisotopic (exact) mass is 340 g/mol. The first-order valence-corrected chi connectivity index (χ1v) is 9.05. The molecule has 1 saturated carbocycles. The summed E-state index contributed by atoms with van der Waals surface area (Å²) in [6, 6.07) is 14.5. The first-order valence-electron chi connectivity index (χ1n) is 8.67. The van der Waals surface area contributed by atoms with Gasteiger partial charge >= 0.3 is 0 Å². The first-order chi connectivity index (χ1) is 11.8. The van der Waals surface area contributed by atoms with Gasteiger partial charge < -0.3 is 9.73 Å². The molecule has 0 unspecified atom stereocenters. The molecule has 0 aliphatic heterocycles. The third-order valence-electron chi connectivity index (χ3n) is 4.76. The van der Waals surface area contributed by atoms with Crippen LogP contribution >= 0.6 is 11.6 Å². The van der Waals surface area contributed by atoms with Gasteiger partial charge in [0, 0.05) is 12.6 Å². The standard InChI is InChI=1S/C20H21ClN2O/c21-17-9-5-4-8-16(17)20-23-18-12-14(10-11-19(18)24-20)13-22-15-6-2-1-3-7-15/h4-5,8-12,15,22H,1-3,6-7,13H2. The fraction of sp³-hybridized carbons (Fsp3) is 0.350. The van der Waals surface area contributed by atoms with Gasteiger partial charge in [-0.25, -0.2) is 4.98 Å². The topological polar surface area (TPSA) is 38.1 Å². The zero-order valence-electron chi connectivity index (χ0n) is 13.6. The van der Waals surface area contributed by atoms with Gasteiger partial charge in [0.15, 0.2) is 5.58 Å².